The van der Waals surface area contributed by atoms with Gasteiger partial charge in [0.25, 0.3) is 0 Å². The van der Waals surface area contributed by atoms with Crippen LogP contribution in [0.3, 0.4) is 0 Å². The second-order valence-electron chi connectivity index (χ2n) is 7.65. The lowest BCUT2D eigenvalue weighted by Crippen LogP contribution is -2.01. The van der Waals surface area contributed by atoms with E-state index in [1.807, 2.05) is 48.5 Å². The second kappa shape index (κ2) is 10.2. The summed E-state index contributed by atoms with van der Waals surface area (Å²) in [5, 5.41) is 0. The molecule has 6 heteroatoms. The highest BCUT2D eigenvalue weighted by molar-refractivity contribution is 9.11. The summed E-state index contributed by atoms with van der Waals surface area (Å²) in [5.41, 5.74) is 7.40. The Morgan fingerprint density at radius 1 is 0.294 bits per heavy atom. The number of hydrogen-bond acceptors (Lipinski definition) is 2. The maximum atomic E-state index is 5.25. The highest BCUT2D eigenvalue weighted by Gasteiger charge is 2.19. The third kappa shape index (κ3) is 5.10. The molecule has 0 radical (unpaired) electrons. The minimum atomic E-state index is 0.841. The summed E-state index contributed by atoms with van der Waals surface area (Å²) in [5.74, 6) is 0. The Morgan fingerprint density at radius 3 is 0.647 bits per heavy atom. The first-order valence-electron chi connectivity index (χ1n) is 10.4. The number of halogens is 4. The molecular formula is C28H16Br4N2. The van der Waals surface area contributed by atoms with Crippen molar-refractivity contribution in [3.05, 3.63) is 115 Å². The zero-order valence-electron chi connectivity index (χ0n) is 17.6. The van der Waals surface area contributed by atoms with Crippen LogP contribution in [-0.2, 0) is 0 Å². The minimum absolute atomic E-state index is 0.841. The molecule has 34 heavy (non-hydrogen) atoms. The van der Waals surface area contributed by atoms with Gasteiger partial charge in [-0.05, 0) is 48.5 Å². The fourth-order valence-electron chi connectivity index (χ4n) is 3.67. The van der Waals surface area contributed by atoms with E-state index in [9.17, 15) is 0 Å². The summed E-state index contributed by atoms with van der Waals surface area (Å²) in [4.78, 5) is 10.5. The molecule has 2 nitrogen and oxygen atoms in total. The van der Waals surface area contributed by atoms with Crippen molar-refractivity contribution in [2.75, 3.05) is 0 Å². The van der Waals surface area contributed by atoms with Crippen LogP contribution in [0.5, 0.6) is 0 Å². The van der Waals surface area contributed by atoms with Crippen LogP contribution < -0.4 is 0 Å². The van der Waals surface area contributed by atoms with Gasteiger partial charge < -0.3 is 0 Å². The quantitative estimate of drug-likeness (QED) is 0.187. The Hall–Kier alpha value is -2.12. The summed E-state index contributed by atoms with van der Waals surface area (Å²) in [6.07, 6.45) is 0. The topological polar surface area (TPSA) is 25.8 Å². The molecule has 0 saturated heterocycles. The molecule has 0 saturated carbocycles. The van der Waals surface area contributed by atoms with Gasteiger partial charge in [0.05, 0.1) is 22.8 Å². The maximum Gasteiger partial charge on any atom is 0.0973 e. The zero-order chi connectivity index (χ0) is 23.7. The molecule has 0 fully saturated rings. The number of hydrogen-bond donors (Lipinski definition) is 0. The lowest BCUT2D eigenvalue weighted by Gasteiger charge is -2.16. The Balaban J connectivity index is 1.83. The van der Waals surface area contributed by atoms with Crippen molar-refractivity contribution in [2.45, 2.75) is 0 Å². The van der Waals surface area contributed by atoms with E-state index in [-0.39, 0.29) is 0 Å². The van der Waals surface area contributed by atoms with Crippen LogP contribution in [-0.4, -0.2) is 9.97 Å². The van der Waals surface area contributed by atoms with Crippen molar-refractivity contribution in [1.29, 1.82) is 0 Å². The first-order chi connectivity index (χ1) is 16.5. The van der Waals surface area contributed by atoms with Crippen molar-refractivity contribution in [2.24, 2.45) is 0 Å². The molecule has 1 aromatic heterocycles. The predicted octanol–water partition coefficient (Wildman–Crippen LogP) is 10.2. The smallest absolute Gasteiger partial charge is 0.0973 e. The van der Waals surface area contributed by atoms with Crippen molar-refractivity contribution < 1.29 is 0 Å². The van der Waals surface area contributed by atoms with Gasteiger partial charge in [0.2, 0.25) is 0 Å². The average molecular weight is 700 g/mol. The van der Waals surface area contributed by atoms with E-state index >= 15 is 0 Å². The van der Waals surface area contributed by atoms with Gasteiger partial charge in [0.15, 0.2) is 0 Å². The van der Waals surface area contributed by atoms with E-state index in [0.29, 0.717) is 0 Å². The van der Waals surface area contributed by atoms with Crippen molar-refractivity contribution in [3.63, 3.8) is 0 Å². The molecule has 0 bridgehead atoms. The SMILES string of the molecule is Brc1ccc(-c2nc(-c3ccc(Br)cc3)c(-c3ccc(Br)cc3)nc2-c2ccc(Br)cc2)cc1. The van der Waals surface area contributed by atoms with Crippen LogP contribution in [0.25, 0.3) is 45.0 Å². The van der Waals surface area contributed by atoms with Gasteiger partial charge in [-0.1, -0.05) is 112 Å². The molecule has 166 valence electrons. The zero-order valence-corrected chi connectivity index (χ0v) is 24.0. The van der Waals surface area contributed by atoms with Gasteiger partial charge >= 0.3 is 0 Å². The van der Waals surface area contributed by atoms with Crippen LogP contribution in [0.2, 0.25) is 0 Å². The Labute approximate surface area is 232 Å². The third-order valence-corrected chi connectivity index (χ3v) is 7.48. The Kier molecular flexibility index (Phi) is 7.11. The highest BCUT2D eigenvalue weighted by atomic mass is 79.9. The summed E-state index contributed by atoms with van der Waals surface area (Å²) in [7, 11) is 0. The summed E-state index contributed by atoms with van der Waals surface area (Å²) in [6.45, 7) is 0. The second-order valence-corrected chi connectivity index (χ2v) is 11.3. The number of aromatic nitrogens is 2. The standard InChI is InChI=1S/C28H16Br4N2/c29-21-9-1-17(2-10-21)25-26(18-3-11-22(30)12-4-18)34-28(20-7-15-24(32)16-8-20)27(33-25)19-5-13-23(31)14-6-19/h1-16H. The van der Waals surface area contributed by atoms with Gasteiger partial charge in [-0.25, -0.2) is 9.97 Å². The third-order valence-electron chi connectivity index (χ3n) is 5.37. The van der Waals surface area contributed by atoms with Crippen molar-refractivity contribution >= 4 is 63.7 Å². The van der Waals surface area contributed by atoms with E-state index in [0.717, 1.165) is 62.9 Å². The maximum absolute atomic E-state index is 5.25. The summed E-state index contributed by atoms with van der Waals surface area (Å²) in [6, 6.07) is 32.8. The molecule has 0 amide bonds. The molecule has 0 unspecified atom stereocenters. The molecule has 1 heterocycles. The van der Waals surface area contributed by atoms with E-state index < -0.39 is 0 Å². The molecule has 0 spiro atoms. The molecule has 0 atom stereocenters. The van der Waals surface area contributed by atoms with Crippen molar-refractivity contribution in [1.82, 2.24) is 9.97 Å². The predicted molar refractivity (Wildman–Crippen MR) is 155 cm³/mol. The molecule has 0 N–H and O–H groups in total. The number of rotatable bonds is 4. The molecular weight excluding hydrogens is 684 g/mol. The summed E-state index contributed by atoms with van der Waals surface area (Å²) >= 11 is 14.2. The average Bonchev–Trinajstić information content (AvgIpc) is 2.85. The van der Waals surface area contributed by atoms with E-state index in [1.54, 1.807) is 0 Å². The number of benzene rings is 4. The largest absolute Gasteiger partial charge is 0.243 e. The highest BCUT2D eigenvalue weighted by Crippen LogP contribution is 2.38. The molecule has 0 aliphatic heterocycles. The minimum Gasteiger partial charge on any atom is -0.243 e. The molecule has 0 aliphatic carbocycles. The van der Waals surface area contributed by atoms with Crippen molar-refractivity contribution in [3.8, 4) is 45.0 Å². The molecule has 4 aromatic carbocycles. The lowest BCUT2D eigenvalue weighted by molar-refractivity contribution is 1.21. The molecule has 5 rings (SSSR count). The number of nitrogens with zero attached hydrogens (tertiary/aromatic N) is 2. The van der Waals surface area contributed by atoms with E-state index in [4.69, 9.17) is 9.97 Å². The van der Waals surface area contributed by atoms with Crippen LogP contribution in [0, 0.1) is 0 Å². The monoisotopic (exact) mass is 696 g/mol. The van der Waals surface area contributed by atoms with Gasteiger partial charge in [-0.15, -0.1) is 0 Å². The van der Waals surface area contributed by atoms with Gasteiger partial charge in [0.1, 0.15) is 0 Å². The molecule has 0 aliphatic rings. The van der Waals surface area contributed by atoms with Crippen LogP contribution in [0.4, 0.5) is 0 Å². The first-order valence-corrected chi connectivity index (χ1v) is 13.6. The first kappa shape index (κ1) is 23.6. The van der Waals surface area contributed by atoms with E-state index in [1.165, 1.54) is 0 Å². The van der Waals surface area contributed by atoms with Gasteiger partial charge in [-0.3, -0.25) is 0 Å². The Bertz CT molecular complexity index is 1220. The van der Waals surface area contributed by atoms with Crippen LogP contribution in [0.1, 0.15) is 0 Å². The fourth-order valence-corrected chi connectivity index (χ4v) is 4.73. The Morgan fingerprint density at radius 2 is 0.471 bits per heavy atom. The van der Waals surface area contributed by atoms with E-state index in [2.05, 4.69) is 112 Å². The van der Waals surface area contributed by atoms with Gasteiger partial charge in [0, 0.05) is 40.1 Å². The normalized spacial score (nSPS) is 10.9. The van der Waals surface area contributed by atoms with Crippen LogP contribution in [0.15, 0.2) is 115 Å². The summed E-state index contributed by atoms with van der Waals surface area (Å²) < 4.78 is 4.09. The lowest BCUT2D eigenvalue weighted by atomic mass is 9.99. The fraction of sp³-hybridized carbons (Fsp3) is 0. The van der Waals surface area contributed by atoms with Gasteiger partial charge in [-0.2, -0.15) is 0 Å². The van der Waals surface area contributed by atoms with Crippen LogP contribution >= 0.6 is 63.7 Å². The molecule has 5 aromatic rings.